The van der Waals surface area contributed by atoms with Gasteiger partial charge in [-0.2, -0.15) is 0 Å². The van der Waals surface area contributed by atoms with E-state index >= 15 is 0 Å². The number of carbonyl (C=O) groups excluding carboxylic acids is 2. The average Bonchev–Trinajstić information content (AvgIpc) is 3.42. The van der Waals surface area contributed by atoms with Crippen LogP contribution in [0.1, 0.15) is 148 Å². The minimum absolute atomic E-state index is 0.194. The van der Waals surface area contributed by atoms with Crippen molar-refractivity contribution in [2.45, 2.75) is 163 Å². The fraction of sp³-hybridized carbons (Fsp3) is 0.578. The Morgan fingerprint density at radius 2 is 1.36 bits per heavy atom. The summed E-state index contributed by atoms with van der Waals surface area (Å²) in [4.78, 5) is 32.1. The minimum Gasteiger partial charge on any atom is -0.494 e. The van der Waals surface area contributed by atoms with Crippen molar-refractivity contribution in [2.75, 3.05) is 18.6 Å². The number of carbonyl (C=O) groups is 2. The Morgan fingerprint density at radius 1 is 0.804 bits per heavy atom. The molecule has 11 heteroatoms. The Balaban J connectivity index is 1.75. The molecule has 1 unspecified atom stereocenters. The zero-order valence-electron chi connectivity index (χ0n) is 35.2. The minimum atomic E-state index is -0.969. The van der Waals surface area contributed by atoms with Gasteiger partial charge < -0.3 is 40.5 Å². The second kappa shape index (κ2) is 21.3. The number of rotatable bonds is 22. The van der Waals surface area contributed by atoms with E-state index in [2.05, 4.69) is 17.2 Å². The Morgan fingerprint density at radius 3 is 1.91 bits per heavy atom. The number of aromatic amines is 1. The summed E-state index contributed by atoms with van der Waals surface area (Å²) in [6.45, 7) is 13.5. The first kappa shape index (κ1) is 44.5. The van der Waals surface area contributed by atoms with E-state index in [-0.39, 0.29) is 17.7 Å². The van der Waals surface area contributed by atoms with Gasteiger partial charge in [-0.25, -0.2) is 9.59 Å². The normalized spacial score (nSPS) is 14.6. The number of benzene rings is 2. The van der Waals surface area contributed by atoms with Crippen molar-refractivity contribution in [1.82, 2.24) is 14.9 Å². The number of nitrogens with two attached hydrogens (primary N) is 2. The first-order chi connectivity index (χ1) is 26.8. The summed E-state index contributed by atoms with van der Waals surface area (Å²) in [6, 6.07) is 7.78. The molecule has 1 aliphatic rings. The number of methoxy groups -OCH3 is 1. The number of aromatic nitrogens is 2. The van der Waals surface area contributed by atoms with Crippen molar-refractivity contribution in [1.29, 1.82) is 0 Å². The Kier molecular flexibility index (Phi) is 16.9. The standard InChI is InChI=1S/C45H67N5O5S/c1-9-10-11-12-13-14-15-16-17-18-19-20-21-22-32-33(46)26-34(47)42(53-8)39(32)41-38(43(51)54-28(2)3)31(7)48-36(40(41)44(52)55-29(4)5)27-50-37-24-23-30(6)25-35(37)49-45(50)56/h23-26,28-29,41,48H,9-22,27,46-47H2,1-8H3,(H,49,56). The van der Waals surface area contributed by atoms with Gasteiger partial charge in [0.2, 0.25) is 0 Å². The first-order valence-corrected chi connectivity index (χ1v) is 21.3. The molecule has 0 amide bonds. The van der Waals surface area contributed by atoms with Crippen LogP contribution in [0.15, 0.2) is 46.8 Å². The van der Waals surface area contributed by atoms with E-state index in [4.69, 9.17) is 37.9 Å². The molecule has 2 aromatic carbocycles. The molecule has 0 bridgehead atoms. The molecular weight excluding hydrogens is 723 g/mol. The summed E-state index contributed by atoms with van der Waals surface area (Å²) in [5.41, 5.74) is 20.1. The number of allylic oxidation sites excluding steroid dienone is 2. The second-order valence-electron chi connectivity index (χ2n) is 15.9. The lowest BCUT2D eigenvalue weighted by Crippen LogP contribution is -2.36. The van der Waals surface area contributed by atoms with Crippen LogP contribution >= 0.6 is 12.2 Å². The van der Waals surface area contributed by atoms with Crippen molar-refractivity contribution in [3.63, 3.8) is 0 Å². The van der Waals surface area contributed by atoms with Gasteiger partial charge in [0.15, 0.2) is 4.77 Å². The Bertz CT molecular complexity index is 1940. The van der Waals surface area contributed by atoms with Crippen LogP contribution in [-0.4, -0.2) is 40.8 Å². The van der Waals surface area contributed by atoms with Crippen LogP contribution in [0.3, 0.4) is 0 Å². The predicted octanol–water partition coefficient (Wildman–Crippen LogP) is 10.6. The third-order valence-electron chi connectivity index (χ3n) is 10.5. The number of aryl methyl sites for hydroxylation is 1. The lowest BCUT2D eigenvalue weighted by molar-refractivity contribution is -0.143. The van der Waals surface area contributed by atoms with Crippen LogP contribution < -0.4 is 21.5 Å². The molecule has 3 aromatic rings. The summed E-state index contributed by atoms with van der Waals surface area (Å²) in [5, 5.41) is 3.42. The number of esters is 2. The van der Waals surface area contributed by atoms with Crippen LogP contribution in [0.5, 0.6) is 5.75 Å². The maximum Gasteiger partial charge on any atom is 0.337 e. The molecule has 2 heterocycles. The van der Waals surface area contributed by atoms with Gasteiger partial charge in [0.1, 0.15) is 5.75 Å². The molecule has 4 rings (SSSR count). The van der Waals surface area contributed by atoms with E-state index in [0.717, 1.165) is 41.4 Å². The lowest BCUT2D eigenvalue weighted by atomic mass is 9.76. The van der Waals surface area contributed by atoms with Crippen LogP contribution in [0.2, 0.25) is 0 Å². The maximum atomic E-state index is 14.5. The molecule has 10 nitrogen and oxygen atoms in total. The number of hydrogen-bond acceptors (Lipinski definition) is 9. The molecule has 308 valence electrons. The molecule has 6 N–H and O–H groups in total. The molecule has 56 heavy (non-hydrogen) atoms. The van der Waals surface area contributed by atoms with Gasteiger partial charge in [0, 0.05) is 22.6 Å². The van der Waals surface area contributed by atoms with E-state index in [1.807, 2.05) is 36.6 Å². The Labute approximate surface area is 339 Å². The number of nitrogen functional groups attached to an aromatic ring is 2. The summed E-state index contributed by atoms with van der Waals surface area (Å²) in [6.07, 6.45) is 15.8. The van der Waals surface area contributed by atoms with Crippen LogP contribution in [0.25, 0.3) is 11.0 Å². The Hall–Kier alpha value is -4.25. The second-order valence-corrected chi connectivity index (χ2v) is 16.3. The van der Waals surface area contributed by atoms with Crippen molar-refractivity contribution in [3.05, 3.63) is 68.3 Å². The molecule has 0 spiro atoms. The predicted molar refractivity (Wildman–Crippen MR) is 231 cm³/mol. The summed E-state index contributed by atoms with van der Waals surface area (Å²) < 4.78 is 20.3. The van der Waals surface area contributed by atoms with Crippen LogP contribution in [-0.2, 0) is 32.0 Å². The van der Waals surface area contributed by atoms with E-state index < -0.39 is 30.1 Å². The number of nitrogens with one attached hydrogen (secondary N) is 2. The molecule has 0 radical (unpaired) electrons. The third-order valence-corrected chi connectivity index (χ3v) is 10.9. The van der Waals surface area contributed by atoms with Crippen molar-refractivity contribution in [3.8, 4) is 5.75 Å². The van der Waals surface area contributed by atoms with Crippen molar-refractivity contribution in [2.24, 2.45) is 0 Å². The number of hydrogen-bond donors (Lipinski definition) is 4. The fourth-order valence-corrected chi connectivity index (χ4v) is 8.14. The maximum absolute atomic E-state index is 14.5. The smallest absolute Gasteiger partial charge is 0.337 e. The summed E-state index contributed by atoms with van der Waals surface area (Å²) in [5.74, 6) is -1.74. The van der Waals surface area contributed by atoms with E-state index in [1.165, 1.54) is 64.2 Å². The molecule has 1 aliphatic heterocycles. The largest absolute Gasteiger partial charge is 0.494 e. The highest BCUT2D eigenvalue weighted by Gasteiger charge is 2.43. The molecule has 0 aliphatic carbocycles. The molecule has 0 saturated carbocycles. The first-order valence-electron chi connectivity index (χ1n) is 20.9. The van der Waals surface area contributed by atoms with Crippen LogP contribution in [0, 0.1) is 11.7 Å². The number of dihydropyridines is 1. The molecule has 0 fully saturated rings. The average molecular weight is 790 g/mol. The monoisotopic (exact) mass is 789 g/mol. The number of imidazole rings is 1. The number of ether oxygens (including phenoxy) is 3. The number of unbranched alkanes of at least 4 members (excludes halogenated alkanes) is 12. The number of H-pyrrole nitrogens is 1. The number of fused-ring (bicyclic) bond motifs is 1. The van der Waals surface area contributed by atoms with Gasteiger partial charge in [-0.3, -0.25) is 0 Å². The van der Waals surface area contributed by atoms with Crippen molar-refractivity contribution >= 4 is 46.6 Å². The molecule has 1 atom stereocenters. The van der Waals surface area contributed by atoms with E-state index in [0.29, 0.717) is 45.3 Å². The fourth-order valence-electron chi connectivity index (χ4n) is 7.87. The molecular formula is C45H67N5O5S. The summed E-state index contributed by atoms with van der Waals surface area (Å²) >= 11 is 5.82. The van der Waals surface area contributed by atoms with Gasteiger partial charge in [0.05, 0.1) is 59.6 Å². The molecule has 0 saturated heterocycles. The van der Waals surface area contributed by atoms with E-state index in [9.17, 15) is 9.59 Å². The van der Waals surface area contributed by atoms with Crippen molar-refractivity contribution < 1.29 is 23.8 Å². The SMILES string of the molecule is CCCCCCCCCCCCCCCc1c(N)cc(N)c(OC)c1C1C(C(=O)OC(C)C)=C(C)NC(Cn2c(=S)[nH]c3cc(C)ccc32)=C1C(=O)OC(C)C. The number of nitrogens with zero attached hydrogens (tertiary/aromatic N) is 1. The third kappa shape index (κ3) is 11.4. The zero-order valence-corrected chi connectivity index (χ0v) is 36.0. The lowest BCUT2D eigenvalue weighted by Gasteiger charge is -2.34. The van der Waals surface area contributed by atoms with E-state index in [1.54, 1.807) is 40.9 Å². The van der Waals surface area contributed by atoms with Gasteiger partial charge in [-0.15, -0.1) is 0 Å². The highest BCUT2D eigenvalue weighted by Crippen LogP contribution is 2.48. The highest BCUT2D eigenvalue weighted by atomic mass is 32.1. The van der Waals surface area contributed by atoms with Gasteiger partial charge in [-0.1, -0.05) is 90.0 Å². The highest BCUT2D eigenvalue weighted by molar-refractivity contribution is 7.71. The van der Waals surface area contributed by atoms with Crippen LogP contribution in [0.4, 0.5) is 11.4 Å². The van der Waals surface area contributed by atoms with Gasteiger partial charge in [0.25, 0.3) is 0 Å². The van der Waals surface area contributed by atoms with Gasteiger partial charge in [-0.05, 0) is 95.9 Å². The summed E-state index contributed by atoms with van der Waals surface area (Å²) in [7, 11) is 1.55. The number of anilines is 2. The van der Waals surface area contributed by atoms with Gasteiger partial charge >= 0.3 is 11.9 Å². The topological polar surface area (TPSA) is 147 Å². The quantitative estimate of drug-likeness (QED) is 0.0338. The molecule has 1 aromatic heterocycles. The zero-order chi connectivity index (χ0) is 40.9.